The van der Waals surface area contributed by atoms with E-state index in [0.717, 1.165) is 29.2 Å². The van der Waals surface area contributed by atoms with Gasteiger partial charge >= 0.3 is 6.18 Å². The number of aryl methyl sites for hydroxylation is 1. The van der Waals surface area contributed by atoms with Crippen LogP contribution in [-0.2, 0) is 24.6 Å². The van der Waals surface area contributed by atoms with E-state index in [0.29, 0.717) is 6.54 Å². The van der Waals surface area contributed by atoms with Crippen LogP contribution in [0.4, 0.5) is 13.2 Å². The molecule has 6 nitrogen and oxygen atoms in total. The molecule has 1 fully saturated rings. The Morgan fingerprint density at radius 3 is 2.83 bits per heavy atom. The summed E-state index contributed by atoms with van der Waals surface area (Å²) < 4.78 is 40.3. The number of nitrogens with zero attached hydrogens (tertiary/aromatic N) is 5. The van der Waals surface area contributed by atoms with Crippen molar-refractivity contribution < 1.29 is 18.0 Å². The fourth-order valence-electron chi connectivity index (χ4n) is 2.85. The standard InChI is InChI=1S/C14H16F3N5O/c1-20-8-10(7-18-20)11-3-2-5-22(11)13(23)9-21-6-4-12(19-21)14(15,16)17/h4,6-8,11H,2-3,5,9H2,1H3/t11-/m1/s1. The van der Waals surface area contributed by atoms with Crippen LogP contribution in [-0.4, -0.2) is 36.9 Å². The molecule has 3 heterocycles. The number of likely N-dealkylation sites (tertiary alicyclic amines) is 1. The average molecular weight is 327 g/mol. The summed E-state index contributed by atoms with van der Waals surface area (Å²) >= 11 is 0. The Bertz CT molecular complexity index is 705. The molecule has 3 rings (SSSR count). The molecule has 124 valence electrons. The van der Waals surface area contributed by atoms with Crippen molar-refractivity contribution in [2.75, 3.05) is 6.54 Å². The molecule has 9 heteroatoms. The molecule has 0 N–H and O–H groups in total. The van der Waals surface area contributed by atoms with Gasteiger partial charge in [-0.05, 0) is 18.9 Å². The second-order valence-electron chi connectivity index (χ2n) is 5.59. The topological polar surface area (TPSA) is 56.0 Å². The normalized spacial score (nSPS) is 18.6. The fraction of sp³-hybridized carbons (Fsp3) is 0.500. The molecule has 0 unspecified atom stereocenters. The number of aromatic nitrogens is 4. The number of hydrogen-bond acceptors (Lipinski definition) is 3. The molecule has 0 aromatic carbocycles. The third kappa shape index (κ3) is 3.22. The summed E-state index contributed by atoms with van der Waals surface area (Å²) in [4.78, 5) is 14.1. The molecular weight excluding hydrogens is 311 g/mol. The first kappa shape index (κ1) is 15.6. The molecule has 1 amide bonds. The average Bonchev–Trinajstić information content (AvgIpc) is 3.15. The highest BCUT2D eigenvalue weighted by Gasteiger charge is 2.34. The minimum atomic E-state index is -4.50. The lowest BCUT2D eigenvalue weighted by Crippen LogP contribution is -2.33. The number of halogens is 3. The molecule has 0 aliphatic carbocycles. The Balaban J connectivity index is 1.71. The van der Waals surface area contributed by atoms with Crippen molar-refractivity contribution in [1.29, 1.82) is 0 Å². The van der Waals surface area contributed by atoms with E-state index in [1.165, 1.54) is 6.20 Å². The molecule has 1 aliphatic heterocycles. The van der Waals surface area contributed by atoms with Crippen molar-refractivity contribution >= 4 is 5.91 Å². The van der Waals surface area contributed by atoms with E-state index in [2.05, 4.69) is 10.2 Å². The van der Waals surface area contributed by atoms with Crippen LogP contribution in [0.1, 0.15) is 30.1 Å². The lowest BCUT2D eigenvalue weighted by atomic mass is 10.1. The van der Waals surface area contributed by atoms with Gasteiger partial charge in [0.1, 0.15) is 6.54 Å². The molecular formula is C14H16F3N5O. The van der Waals surface area contributed by atoms with Crippen LogP contribution in [0, 0.1) is 0 Å². The Morgan fingerprint density at radius 1 is 1.43 bits per heavy atom. The first-order valence-electron chi connectivity index (χ1n) is 7.23. The molecule has 1 saturated heterocycles. The van der Waals surface area contributed by atoms with Gasteiger partial charge in [0.2, 0.25) is 5.91 Å². The van der Waals surface area contributed by atoms with Crippen molar-refractivity contribution in [3.05, 3.63) is 35.9 Å². The van der Waals surface area contributed by atoms with Crippen LogP contribution in [0.5, 0.6) is 0 Å². The van der Waals surface area contributed by atoms with Gasteiger partial charge in [-0.25, -0.2) is 0 Å². The number of carbonyl (C=O) groups is 1. The number of hydrogen-bond donors (Lipinski definition) is 0. The van der Waals surface area contributed by atoms with Crippen LogP contribution in [0.25, 0.3) is 0 Å². The summed E-state index contributed by atoms with van der Waals surface area (Å²) in [6, 6.07) is 0.796. The molecule has 0 radical (unpaired) electrons. The smallest absolute Gasteiger partial charge is 0.334 e. The second kappa shape index (κ2) is 5.71. The van der Waals surface area contributed by atoms with Crippen molar-refractivity contribution in [2.45, 2.75) is 31.6 Å². The van der Waals surface area contributed by atoms with Gasteiger partial charge in [0.15, 0.2) is 5.69 Å². The van der Waals surface area contributed by atoms with Gasteiger partial charge in [-0.15, -0.1) is 0 Å². The lowest BCUT2D eigenvalue weighted by molar-refractivity contribution is -0.142. The molecule has 0 bridgehead atoms. The zero-order valence-corrected chi connectivity index (χ0v) is 12.5. The van der Waals surface area contributed by atoms with Gasteiger partial charge in [-0.2, -0.15) is 23.4 Å². The Labute approximate surface area is 130 Å². The SMILES string of the molecule is Cn1cc([C@H]2CCCN2C(=O)Cn2ccc(C(F)(F)F)n2)cn1. The fourth-order valence-corrected chi connectivity index (χ4v) is 2.85. The van der Waals surface area contributed by atoms with E-state index in [1.54, 1.807) is 22.8 Å². The van der Waals surface area contributed by atoms with Crippen LogP contribution in [0.3, 0.4) is 0 Å². The number of alkyl halides is 3. The predicted octanol–water partition coefficient (Wildman–Crippen LogP) is 2.00. The van der Waals surface area contributed by atoms with Crippen LogP contribution in [0.2, 0.25) is 0 Å². The monoisotopic (exact) mass is 327 g/mol. The maximum Gasteiger partial charge on any atom is 0.435 e. The van der Waals surface area contributed by atoms with Gasteiger partial charge in [-0.3, -0.25) is 14.2 Å². The van der Waals surface area contributed by atoms with Gasteiger partial charge in [0, 0.05) is 31.5 Å². The number of amides is 1. The lowest BCUT2D eigenvalue weighted by Gasteiger charge is -2.23. The highest BCUT2D eigenvalue weighted by molar-refractivity contribution is 5.76. The molecule has 1 aliphatic rings. The van der Waals surface area contributed by atoms with E-state index >= 15 is 0 Å². The summed E-state index contributed by atoms with van der Waals surface area (Å²) in [6.45, 7) is 0.388. The van der Waals surface area contributed by atoms with E-state index < -0.39 is 11.9 Å². The molecule has 0 saturated carbocycles. The Morgan fingerprint density at radius 2 is 2.22 bits per heavy atom. The van der Waals surface area contributed by atoms with Crippen LogP contribution < -0.4 is 0 Å². The molecule has 2 aromatic rings. The van der Waals surface area contributed by atoms with Crippen molar-refractivity contribution in [3.63, 3.8) is 0 Å². The first-order chi connectivity index (χ1) is 10.8. The minimum Gasteiger partial charge on any atom is -0.334 e. The number of rotatable bonds is 3. The summed E-state index contributed by atoms with van der Waals surface area (Å²) in [5, 5.41) is 7.53. The largest absolute Gasteiger partial charge is 0.435 e. The predicted molar refractivity (Wildman–Crippen MR) is 74.1 cm³/mol. The zero-order valence-electron chi connectivity index (χ0n) is 12.5. The highest BCUT2D eigenvalue weighted by Crippen LogP contribution is 2.32. The molecule has 1 atom stereocenters. The summed E-state index contributed by atoms with van der Waals surface area (Å²) in [7, 11) is 1.80. The van der Waals surface area contributed by atoms with E-state index in [9.17, 15) is 18.0 Å². The van der Waals surface area contributed by atoms with Gasteiger partial charge < -0.3 is 4.90 Å². The second-order valence-corrected chi connectivity index (χ2v) is 5.59. The van der Waals surface area contributed by atoms with E-state index in [4.69, 9.17) is 0 Å². The Kier molecular flexibility index (Phi) is 3.87. The maximum atomic E-state index is 12.5. The highest BCUT2D eigenvalue weighted by atomic mass is 19.4. The maximum absolute atomic E-state index is 12.5. The van der Waals surface area contributed by atoms with Crippen LogP contribution in [0.15, 0.2) is 24.7 Å². The van der Waals surface area contributed by atoms with Gasteiger partial charge in [0.25, 0.3) is 0 Å². The molecule has 0 spiro atoms. The molecule has 2 aromatic heterocycles. The quantitative estimate of drug-likeness (QED) is 0.866. The summed E-state index contributed by atoms with van der Waals surface area (Å²) in [5.41, 5.74) is -0.0506. The van der Waals surface area contributed by atoms with Crippen LogP contribution >= 0.6 is 0 Å². The van der Waals surface area contributed by atoms with Crippen molar-refractivity contribution in [2.24, 2.45) is 7.05 Å². The van der Waals surface area contributed by atoms with Gasteiger partial charge in [0.05, 0.1) is 12.2 Å². The third-order valence-electron chi connectivity index (χ3n) is 3.91. The minimum absolute atomic E-state index is 0.0751. The van der Waals surface area contributed by atoms with Gasteiger partial charge in [-0.1, -0.05) is 0 Å². The first-order valence-corrected chi connectivity index (χ1v) is 7.23. The summed E-state index contributed by atoms with van der Waals surface area (Å²) in [6.07, 6.45) is 1.93. The van der Waals surface area contributed by atoms with E-state index in [-0.39, 0.29) is 18.5 Å². The van der Waals surface area contributed by atoms with E-state index in [1.807, 2.05) is 6.20 Å². The third-order valence-corrected chi connectivity index (χ3v) is 3.91. The number of carbonyl (C=O) groups excluding carboxylic acids is 1. The Hall–Kier alpha value is -2.32. The van der Waals surface area contributed by atoms with Crippen molar-refractivity contribution in [3.8, 4) is 0 Å². The molecule has 23 heavy (non-hydrogen) atoms. The summed E-state index contributed by atoms with van der Waals surface area (Å²) in [5.74, 6) is -0.242. The van der Waals surface area contributed by atoms with Crippen molar-refractivity contribution in [1.82, 2.24) is 24.5 Å². The zero-order chi connectivity index (χ0) is 16.6.